The van der Waals surface area contributed by atoms with Gasteiger partial charge in [-0.3, -0.25) is 0 Å². The second-order valence-corrected chi connectivity index (χ2v) is 46.7. The quantitative estimate of drug-likeness (QED) is 0.670. The molecule has 0 aromatic carbocycles. The van der Waals surface area contributed by atoms with Gasteiger partial charge in [0, 0.05) is 0 Å². The van der Waals surface area contributed by atoms with Gasteiger partial charge in [-0.05, 0) is 0 Å². The second-order valence-electron chi connectivity index (χ2n) is 1.17. The average Bonchev–Trinajstić information content (AvgIpc) is 1.30. The first-order valence-electron chi connectivity index (χ1n) is 1.44. The molecule has 0 N–H and O–H groups in total. The van der Waals surface area contributed by atoms with Crippen molar-refractivity contribution in [1.82, 2.24) is 0 Å². The van der Waals surface area contributed by atoms with E-state index >= 15 is 0 Å². The maximum Gasteiger partial charge on any atom is 1.00 e. The Labute approximate surface area is 65.6 Å². The third-order valence-electron chi connectivity index (χ3n) is 0.345. The van der Waals surface area contributed by atoms with E-state index in [9.17, 15) is 0 Å². The fourth-order valence-electron chi connectivity index (χ4n) is 0. The standard InChI is InChI=1S/CH3O.5ClH.Sb/c1-2;;;;;;/h1H3;5*1H;/q-1;;;;;;+5/p-4. The van der Waals surface area contributed by atoms with Crippen molar-refractivity contribution in [3.05, 3.63) is 0 Å². The Hall–Kier alpha value is 2.23. The van der Waals surface area contributed by atoms with Crippen molar-refractivity contribution in [3.63, 3.8) is 0 Å². The zero-order chi connectivity index (χ0) is 7.12. The molecule has 0 aromatic rings. The van der Waals surface area contributed by atoms with Crippen LogP contribution in [0.2, 0.25) is 0 Å². The van der Waals surface area contributed by atoms with Crippen molar-refractivity contribution >= 4 is 54.8 Å². The molecule has 0 atom stereocenters. The van der Waals surface area contributed by atoms with Crippen LogP contribution in [0.1, 0.15) is 1.43 Å². The van der Waals surface area contributed by atoms with Gasteiger partial charge in [-0.25, -0.2) is 0 Å². The molecule has 0 aliphatic rings. The topological polar surface area (TPSA) is 9.23 Å². The zero-order valence-corrected chi connectivity index (χ0v) is 10.1. The molecule has 0 aliphatic heterocycles. The summed E-state index contributed by atoms with van der Waals surface area (Å²) in [5.74, 6) is 0. The zero-order valence-electron chi connectivity index (χ0n) is 4.75. The Bertz CT molecular complexity index is 100. The molecule has 7 heteroatoms. The van der Waals surface area contributed by atoms with E-state index in [0.29, 0.717) is 0 Å². The van der Waals surface area contributed by atoms with E-state index in [-0.39, 0.29) is 1.43 Å². The summed E-state index contributed by atoms with van der Waals surface area (Å²) in [6.07, 6.45) is 0. The van der Waals surface area contributed by atoms with Crippen molar-refractivity contribution in [1.29, 1.82) is 0 Å². The minimum Gasteiger partial charge on any atom is 1.00 e. The smallest absolute Gasteiger partial charge is 1.00 e. The van der Waals surface area contributed by atoms with Gasteiger partial charge in [0.1, 0.15) is 0 Å². The van der Waals surface area contributed by atoms with E-state index in [4.69, 9.17) is 44.1 Å². The van der Waals surface area contributed by atoms with Crippen LogP contribution in [0.5, 0.6) is 0 Å². The Morgan fingerprint density at radius 1 is 1.12 bits per heavy atom. The Morgan fingerprint density at radius 2 is 1.25 bits per heavy atom. The number of rotatable bonds is 1. The molecule has 8 heavy (non-hydrogen) atoms. The minimum atomic E-state index is -5.45. The first-order chi connectivity index (χ1) is 3.04. The summed E-state index contributed by atoms with van der Waals surface area (Å²) in [7, 11) is 22.0. The van der Waals surface area contributed by atoms with Crippen LogP contribution < -0.4 is 0 Å². The van der Waals surface area contributed by atoms with Crippen LogP contribution in [0.3, 0.4) is 0 Å². The van der Waals surface area contributed by atoms with E-state index in [1.165, 1.54) is 0 Å². The maximum absolute atomic E-state index is 5.45. The fraction of sp³-hybridized carbons (Fsp3) is 1.00. The van der Waals surface area contributed by atoms with E-state index in [2.05, 4.69) is 3.02 Å². The summed E-state index contributed by atoms with van der Waals surface area (Å²) >= 11 is 0. The third-order valence-corrected chi connectivity index (χ3v) is 6.94. The minimum absolute atomic E-state index is 0. The second kappa shape index (κ2) is 1.88. The average molecular weight is 331 g/mol. The Morgan fingerprint density at radius 3 is 1.25 bits per heavy atom. The van der Waals surface area contributed by atoms with Crippen LogP contribution in [-0.4, -0.2) is 17.8 Å². The molecule has 0 bridgehead atoms. The summed E-state index contributed by atoms with van der Waals surface area (Å²) in [4.78, 5) is 0. The van der Waals surface area contributed by atoms with E-state index in [1.807, 2.05) is 0 Å². The van der Waals surface area contributed by atoms with Gasteiger partial charge in [-0.15, -0.1) is 0 Å². The number of halogens is 5. The van der Waals surface area contributed by atoms with Gasteiger partial charge in [-0.1, -0.05) is 0 Å². The SMILES string of the molecule is C[O][Sb-]([Cl])([Cl])([Cl])([Cl])[Cl].[H+]. The summed E-state index contributed by atoms with van der Waals surface area (Å²) in [5, 5.41) is 0. The van der Waals surface area contributed by atoms with E-state index < -0.39 is 10.7 Å². The molecule has 54 valence electrons. The predicted octanol–water partition coefficient (Wildman–Crippen LogP) is 3.28. The van der Waals surface area contributed by atoms with Crippen molar-refractivity contribution < 1.29 is 4.44 Å². The van der Waals surface area contributed by atoms with Crippen LogP contribution in [0.4, 0.5) is 0 Å². The summed E-state index contributed by atoms with van der Waals surface area (Å²) in [6.45, 7) is 0. The molecule has 0 rings (SSSR count). The molecule has 0 amide bonds. The Kier molecular flexibility index (Phi) is 2.40. The molecule has 0 saturated carbocycles. The summed E-state index contributed by atoms with van der Waals surface area (Å²) in [5.41, 5.74) is 0. The van der Waals surface area contributed by atoms with Gasteiger partial charge in [0.05, 0.1) is 0 Å². The van der Waals surface area contributed by atoms with Crippen LogP contribution in [0.25, 0.3) is 0 Å². The molecule has 0 spiro atoms. The van der Waals surface area contributed by atoms with E-state index in [1.54, 1.807) is 0 Å². The largest absolute Gasteiger partial charge is 1.00 e. The monoisotopic (exact) mass is 328 g/mol. The number of hydrogen-bond acceptors (Lipinski definition) is 1. The van der Waals surface area contributed by atoms with Crippen molar-refractivity contribution in [2.24, 2.45) is 0 Å². The van der Waals surface area contributed by atoms with Crippen LogP contribution in [0, 0.1) is 0 Å². The normalized spacial score (nSPS) is 21.8. The van der Waals surface area contributed by atoms with Gasteiger partial charge in [0.2, 0.25) is 0 Å². The summed E-state index contributed by atoms with van der Waals surface area (Å²) < 4.78 is 4.34. The van der Waals surface area contributed by atoms with Gasteiger partial charge in [-0.2, -0.15) is 0 Å². The molecule has 0 heterocycles. The van der Waals surface area contributed by atoms with Crippen LogP contribution >= 0.6 is 44.1 Å². The molecule has 1 nitrogen and oxygen atoms in total. The first-order valence-corrected chi connectivity index (χ1v) is 18.6. The number of hydrogen-bond donors (Lipinski definition) is 0. The molecule has 0 saturated heterocycles. The van der Waals surface area contributed by atoms with Crippen molar-refractivity contribution in [3.8, 4) is 0 Å². The molecular weight excluding hydrogens is 327 g/mol. The predicted molar refractivity (Wildman–Crippen MR) is 43.1 cm³/mol. The van der Waals surface area contributed by atoms with Crippen LogP contribution in [0.15, 0.2) is 0 Å². The van der Waals surface area contributed by atoms with Gasteiger partial charge >= 0.3 is 66.4 Å². The fourth-order valence-corrected chi connectivity index (χ4v) is 0. The molecule has 0 aliphatic carbocycles. The molecule has 0 aromatic heterocycles. The van der Waals surface area contributed by atoms with Crippen molar-refractivity contribution in [2.75, 3.05) is 7.11 Å². The maximum atomic E-state index is 5.26. The third kappa shape index (κ3) is 8.23. The molecule has 0 radical (unpaired) electrons. The van der Waals surface area contributed by atoms with Gasteiger partial charge in [0.25, 0.3) is 0 Å². The van der Waals surface area contributed by atoms with E-state index in [0.717, 1.165) is 7.11 Å². The first kappa shape index (κ1) is 10.2. The van der Waals surface area contributed by atoms with Gasteiger partial charge < -0.3 is 0 Å². The summed E-state index contributed by atoms with van der Waals surface area (Å²) in [6, 6.07) is 0. The molecule has 0 unspecified atom stereocenters. The van der Waals surface area contributed by atoms with Gasteiger partial charge in [0.15, 0.2) is 0 Å². The molecular formula is CH4Cl5OSb. The van der Waals surface area contributed by atoms with Crippen molar-refractivity contribution in [2.45, 2.75) is 0 Å². The molecule has 0 fully saturated rings. The Balaban J connectivity index is 0. The van der Waals surface area contributed by atoms with Crippen LogP contribution in [-0.2, 0) is 3.02 Å².